The fraction of sp³-hybridized carbons (Fsp3) is 0.438. The number of anilines is 1. The summed E-state index contributed by atoms with van der Waals surface area (Å²) in [5.74, 6) is 2.68. The normalized spacial score (nSPS) is 21.6. The van der Waals surface area contributed by atoms with E-state index >= 15 is 0 Å². The van der Waals surface area contributed by atoms with E-state index in [9.17, 15) is 5.11 Å². The molecule has 1 aliphatic carbocycles. The summed E-state index contributed by atoms with van der Waals surface area (Å²) < 4.78 is 0. The Kier molecular flexibility index (Phi) is 3.15. The fourth-order valence-corrected chi connectivity index (χ4v) is 2.76. The first-order chi connectivity index (χ1) is 9.20. The Morgan fingerprint density at radius 2 is 2.00 bits per heavy atom. The van der Waals surface area contributed by atoms with Crippen LogP contribution in [-0.4, -0.2) is 23.7 Å². The van der Waals surface area contributed by atoms with Crippen LogP contribution in [0.25, 0.3) is 10.8 Å². The van der Waals surface area contributed by atoms with Crippen LogP contribution in [0.1, 0.15) is 18.9 Å². The number of nitrogens with zero attached hydrogens (tertiary/aromatic N) is 2. The third kappa shape index (κ3) is 2.30. The average molecular weight is 256 g/mol. The number of pyridine rings is 1. The molecule has 3 nitrogen and oxygen atoms in total. The van der Waals surface area contributed by atoms with E-state index in [4.69, 9.17) is 0 Å². The lowest BCUT2D eigenvalue weighted by Gasteiger charge is -2.20. The molecule has 2 atom stereocenters. The highest BCUT2D eigenvalue weighted by Crippen LogP contribution is 2.39. The summed E-state index contributed by atoms with van der Waals surface area (Å²) in [6.07, 6.45) is 3.13. The molecule has 2 unspecified atom stereocenters. The highest BCUT2D eigenvalue weighted by atomic mass is 16.3. The van der Waals surface area contributed by atoms with E-state index in [-0.39, 0.29) is 6.61 Å². The number of aromatic nitrogens is 1. The van der Waals surface area contributed by atoms with Crippen LogP contribution in [-0.2, 0) is 6.61 Å². The number of hydrogen-bond donors (Lipinski definition) is 1. The van der Waals surface area contributed by atoms with Gasteiger partial charge in [-0.05, 0) is 23.6 Å². The summed E-state index contributed by atoms with van der Waals surface area (Å²) in [7, 11) is 2.11. The first-order valence-electron chi connectivity index (χ1n) is 6.89. The van der Waals surface area contributed by atoms with E-state index in [2.05, 4.69) is 36.0 Å². The van der Waals surface area contributed by atoms with E-state index < -0.39 is 0 Å². The molecule has 1 aromatic carbocycles. The van der Waals surface area contributed by atoms with Gasteiger partial charge in [-0.3, -0.25) is 0 Å². The van der Waals surface area contributed by atoms with Gasteiger partial charge in [-0.1, -0.05) is 31.2 Å². The molecule has 100 valence electrons. The number of fused-ring (bicyclic) bond motifs is 1. The van der Waals surface area contributed by atoms with Gasteiger partial charge in [0.05, 0.1) is 6.61 Å². The van der Waals surface area contributed by atoms with Gasteiger partial charge in [-0.25, -0.2) is 4.98 Å². The number of rotatable bonds is 4. The minimum absolute atomic E-state index is 0.0389. The van der Waals surface area contributed by atoms with Gasteiger partial charge >= 0.3 is 0 Å². The Bertz CT molecular complexity index is 596. The summed E-state index contributed by atoms with van der Waals surface area (Å²) >= 11 is 0. The molecule has 1 N–H and O–H groups in total. The number of aliphatic hydroxyl groups excluding tert-OH is 1. The maximum absolute atomic E-state index is 9.40. The molecule has 3 rings (SSSR count). The zero-order valence-corrected chi connectivity index (χ0v) is 11.5. The zero-order valence-electron chi connectivity index (χ0n) is 11.5. The lowest BCUT2D eigenvalue weighted by Crippen LogP contribution is -2.22. The van der Waals surface area contributed by atoms with Crippen molar-refractivity contribution in [2.75, 3.05) is 18.5 Å². The quantitative estimate of drug-likeness (QED) is 0.913. The molecule has 0 bridgehead atoms. The smallest absolute Gasteiger partial charge is 0.136 e. The van der Waals surface area contributed by atoms with Gasteiger partial charge in [0.2, 0.25) is 0 Å². The Labute approximate surface area is 113 Å². The first-order valence-corrected chi connectivity index (χ1v) is 6.89. The van der Waals surface area contributed by atoms with Crippen LogP contribution in [0.5, 0.6) is 0 Å². The minimum Gasteiger partial charge on any atom is -0.392 e. The standard InChI is InChI=1S/C16H20N2O/c1-11-7-12(11)9-18(2)16-15-6-4-3-5-14(15)13(10-19)8-17-16/h3-6,8,11-12,19H,7,9-10H2,1-2H3. The van der Waals surface area contributed by atoms with E-state index in [1.165, 1.54) is 6.42 Å². The maximum Gasteiger partial charge on any atom is 0.136 e. The van der Waals surface area contributed by atoms with Gasteiger partial charge in [0.25, 0.3) is 0 Å². The van der Waals surface area contributed by atoms with Crippen LogP contribution in [0.3, 0.4) is 0 Å². The molecule has 0 spiro atoms. The number of aliphatic hydroxyl groups is 1. The Balaban J connectivity index is 1.99. The molecule has 0 radical (unpaired) electrons. The van der Waals surface area contributed by atoms with Crippen molar-refractivity contribution in [1.82, 2.24) is 4.98 Å². The van der Waals surface area contributed by atoms with Gasteiger partial charge in [0, 0.05) is 30.7 Å². The van der Waals surface area contributed by atoms with Crippen molar-refractivity contribution in [3.8, 4) is 0 Å². The molecule has 0 amide bonds. The Morgan fingerprint density at radius 3 is 2.63 bits per heavy atom. The SMILES string of the molecule is CC1CC1CN(C)c1ncc(CO)c2ccccc12. The summed E-state index contributed by atoms with van der Waals surface area (Å²) in [6, 6.07) is 8.18. The largest absolute Gasteiger partial charge is 0.392 e. The average Bonchev–Trinajstić information content (AvgIpc) is 3.12. The molecule has 3 heteroatoms. The van der Waals surface area contributed by atoms with Crippen molar-refractivity contribution < 1.29 is 5.11 Å². The second-order valence-corrected chi connectivity index (χ2v) is 5.66. The van der Waals surface area contributed by atoms with Crippen molar-refractivity contribution in [3.63, 3.8) is 0 Å². The van der Waals surface area contributed by atoms with Crippen molar-refractivity contribution in [1.29, 1.82) is 0 Å². The Morgan fingerprint density at radius 1 is 1.32 bits per heavy atom. The molecular formula is C16H20N2O. The predicted octanol–water partition coefficient (Wildman–Crippen LogP) is 2.82. The van der Waals surface area contributed by atoms with Crippen LogP contribution >= 0.6 is 0 Å². The second-order valence-electron chi connectivity index (χ2n) is 5.66. The van der Waals surface area contributed by atoms with Crippen LogP contribution in [0.4, 0.5) is 5.82 Å². The minimum atomic E-state index is 0.0389. The van der Waals surface area contributed by atoms with Crippen molar-refractivity contribution in [2.45, 2.75) is 20.0 Å². The van der Waals surface area contributed by atoms with Crippen LogP contribution in [0.15, 0.2) is 30.5 Å². The molecule has 1 aromatic heterocycles. The molecular weight excluding hydrogens is 236 g/mol. The third-order valence-corrected chi connectivity index (χ3v) is 4.17. The van der Waals surface area contributed by atoms with Crippen LogP contribution < -0.4 is 4.90 Å². The molecule has 2 aromatic rings. The van der Waals surface area contributed by atoms with E-state index in [1.807, 2.05) is 12.1 Å². The molecule has 1 fully saturated rings. The Hall–Kier alpha value is -1.61. The van der Waals surface area contributed by atoms with Gasteiger partial charge in [-0.2, -0.15) is 0 Å². The van der Waals surface area contributed by atoms with E-state index in [0.29, 0.717) is 0 Å². The van der Waals surface area contributed by atoms with E-state index in [1.54, 1.807) is 6.20 Å². The maximum atomic E-state index is 9.40. The molecule has 19 heavy (non-hydrogen) atoms. The van der Waals surface area contributed by atoms with Gasteiger partial charge < -0.3 is 10.0 Å². The van der Waals surface area contributed by atoms with Crippen LogP contribution in [0.2, 0.25) is 0 Å². The molecule has 0 saturated heterocycles. The van der Waals surface area contributed by atoms with Crippen molar-refractivity contribution in [2.24, 2.45) is 11.8 Å². The highest BCUT2D eigenvalue weighted by Gasteiger charge is 2.33. The molecule has 1 saturated carbocycles. The third-order valence-electron chi connectivity index (χ3n) is 4.17. The fourth-order valence-electron chi connectivity index (χ4n) is 2.76. The lowest BCUT2D eigenvalue weighted by molar-refractivity contribution is 0.283. The topological polar surface area (TPSA) is 36.4 Å². The first kappa shape index (κ1) is 12.4. The predicted molar refractivity (Wildman–Crippen MR) is 78.2 cm³/mol. The summed E-state index contributed by atoms with van der Waals surface area (Å²) in [4.78, 5) is 6.80. The van der Waals surface area contributed by atoms with Crippen molar-refractivity contribution >= 4 is 16.6 Å². The van der Waals surface area contributed by atoms with E-state index in [0.717, 1.165) is 40.5 Å². The van der Waals surface area contributed by atoms with Gasteiger partial charge in [0.1, 0.15) is 5.82 Å². The molecule has 0 aliphatic heterocycles. The monoisotopic (exact) mass is 256 g/mol. The highest BCUT2D eigenvalue weighted by molar-refractivity contribution is 5.94. The molecule has 1 aliphatic rings. The van der Waals surface area contributed by atoms with Crippen molar-refractivity contribution in [3.05, 3.63) is 36.0 Å². The number of hydrogen-bond acceptors (Lipinski definition) is 3. The summed E-state index contributed by atoms with van der Waals surface area (Å²) in [6.45, 7) is 3.41. The second kappa shape index (κ2) is 4.82. The summed E-state index contributed by atoms with van der Waals surface area (Å²) in [5.41, 5.74) is 0.896. The van der Waals surface area contributed by atoms with Crippen LogP contribution in [0, 0.1) is 11.8 Å². The van der Waals surface area contributed by atoms with Gasteiger partial charge in [-0.15, -0.1) is 0 Å². The van der Waals surface area contributed by atoms with Gasteiger partial charge in [0.15, 0.2) is 0 Å². The zero-order chi connectivity index (χ0) is 13.4. The lowest BCUT2D eigenvalue weighted by atomic mass is 10.1. The number of benzene rings is 1. The molecule has 1 heterocycles. The summed E-state index contributed by atoms with van der Waals surface area (Å²) in [5, 5.41) is 11.6.